The standard InChI is InChI=1S/C15H19N5O/c16-15(21)13-3-1-2-12(6-13)9-20-10-14(18-19-20)8-17-7-11-4-5-11/h1-3,6,10-11,17H,4-5,7-9H2,(H2,16,21). The van der Waals surface area contributed by atoms with Crippen LogP contribution in [0.3, 0.4) is 0 Å². The largest absolute Gasteiger partial charge is 0.366 e. The van der Waals surface area contributed by atoms with Crippen LogP contribution >= 0.6 is 0 Å². The average molecular weight is 285 g/mol. The van der Waals surface area contributed by atoms with Gasteiger partial charge in [-0.2, -0.15) is 0 Å². The summed E-state index contributed by atoms with van der Waals surface area (Å²) in [5.41, 5.74) is 7.71. The molecule has 0 bridgehead atoms. The molecule has 0 unspecified atom stereocenters. The monoisotopic (exact) mass is 285 g/mol. The van der Waals surface area contributed by atoms with Gasteiger partial charge in [0.2, 0.25) is 5.91 Å². The van der Waals surface area contributed by atoms with E-state index in [-0.39, 0.29) is 0 Å². The number of primary amides is 1. The minimum Gasteiger partial charge on any atom is -0.366 e. The first-order valence-electron chi connectivity index (χ1n) is 7.19. The van der Waals surface area contributed by atoms with E-state index >= 15 is 0 Å². The molecule has 0 radical (unpaired) electrons. The van der Waals surface area contributed by atoms with Gasteiger partial charge in [0, 0.05) is 12.1 Å². The molecule has 1 fully saturated rings. The van der Waals surface area contributed by atoms with Gasteiger partial charge in [0.1, 0.15) is 0 Å². The fourth-order valence-corrected chi connectivity index (χ4v) is 2.23. The molecule has 6 heteroatoms. The molecule has 3 N–H and O–H groups in total. The number of nitrogens with zero attached hydrogens (tertiary/aromatic N) is 3. The number of hydrogen-bond donors (Lipinski definition) is 2. The van der Waals surface area contributed by atoms with E-state index in [1.165, 1.54) is 12.8 Å². The number of nitrogens with two attached hydrogens (primary N) is 1. The zero-order chi connectivity index (χ0) is 14.7. The first kappa shape index (κ1) is 13.8. The van der Waals surface area contributed by atoms with Crippen molar-refractivity contribution in [2.75, 3.05) is 6.54 Å². The lowest BCUT2D eigenvalue weighted by Gasteiger charge is -2.02. The van der Waals surface area contributed by atoms with Crippen LogP contribution in [0.25, 0.3) is 0 Å². The molecule has 1 aromatic heterocycles. The van der Waals surface area contributed by atoms with Crippen LogP contribution < -0.4 is 11.1 Å². The Morgan fingerprint density at radius 3 is 3.05 bits per heavy atom. The minimum atomic E-state index is -0.416. The smallest absolute Gasteiger partial charge is 0.248 e. The zero-order valence-corrected chi connectivity index (χ0v) is 11.8. The van der Waals surface area contributed by atoms with Crippen molar-refractivity contribution in [1.82, 2.24) is 20.3 Å². The highest BCUT2D eigenvalue weighted by atomic mass is 16.1. The van der Waals surface area contributed by atoms with Crippen molar-refractivity contribution in [3.8, 4) is 0 Å². The van der Waals surface area contributed by atoms with Gasteiger partial charge in [-0.05, 0) is 43.0 Å². The molecule has 1 amide bonds. The number of rotatable bonds is 7. The molecule has 3 rings (SSSR count). The SMILES string of the molecule is NC(=O)c1cccc(Cn2cc(CNCC3CC3)nn2)c1. The van der Waals surface area contributed by atoms with Gasteiger partial charge >= 0.3 is 0 Å². The molecule has 0 aliphatic heterocycles. The van der Waals surface area contributed by atoms with Crippen molar-refractivity contribution in [1.29, 1.82) is 0 Å². The van der Waals surface area contributed by atoms with Crippen LogP contribution in [0.1, 0.15) is 34.5 Å². The maximum Gasteiger partial charge on any atom is 0.248 e. The van der Waals surface area contributed by atoms with E-state index in [1.54, 1.807) is 16.8 Å². The summed E-state index contributed by atoms with van der Waals surface area (Å²) < 4.78 is 1.77. The van der Waals surface area contributed by atoms with E-state index < -0.39 is 5.91 Å². The molecule has 1 aromatic carbocycles. The van der Waals surface area contributed by atoms with Gasteiger partial charge < -0.3 is 11.1 Å². The molecule has 1 heterocycles. The quantitative estimate of drug-likeness (QED) is 0.792. The predicted molar refractivity (Wildman–Crippen MR) is 78.5 cm³/mol. The highest BCUT2D eigenvalue weighted by Gasteiger charge is 2.20. The van der Waals surface area contributed by atoms with Crippen LogP contribution in [0.5, 0.6) is 0 Å². The lowest BCUT2D eigenvalue weighted by molar-refractivity contribution is 0.1000. The average Bonchev–Trinajstić information content (AvgIpc) is 3.19. The van der Waals surface area contributed by atoms with Gasteiger partial charge in [0.25, 0.3) is 0 Å². The van der Waals surface area contributed by atoms with Gasteiger partial charge in [-0.25, -0.2) is 4.68 Å². The molecular weight excluding hydrogens is 266 g/mol. The van der Waals surface area contributed by atoms with Crippen LogP contribution in [-0.2, 0) is 13.1 Å². The lowest BCUT2D eigenvalue weighted by Crippen LogP contribution is -2.16. The van der Waals surface area contributed by atoms with Crippen molar-refractivity contribution in [2.24, 2.45) is 11.7 Å². The van der Waals surface area contributed by atoms with Crippen molar-refractivity contribution in [2.45, 2.75) is 25.9 Å². The van der Waals surface area contributed by atoms with E-state index in [0.717, 1.165) is 30.3 Å². The third kappa shape index (κ3) is 3.88. The minimum absolute atomic E-state index is 0.416. The number of carbonyl (C=O) groups excluding carboxylic acids is 1. The highest BCUT2D eigenvalue weighted by Crippen LogP contribution is 2.27. The molecule has 110 valence electrons. The van der Waals surface area contributed by atoms with E-state index in [9.17, 15) is 4.79 Å². The van der Waals surface area contributed by atoms with Gasteiger partial charge in [-0.3, -0.25) is 4.79 Å². The number of carbonyl (C=O) groups is 1. The summed E-state index contributed by atoms with van der Waals surface area (Å²) in [5, 5.41) is 11.6. The van der Waals surface area contributed by atoms with Crippen LogP contribution in [0.4, 0.5) is 0 Å². The van der Waals surface area contributed by atoms with Gasteiger partial charge in [-0.15, -0.1) is 5.10 Å². The second-order valence-corrected chi connectivity index (χ2v) is 5.55. The summed E-state index contributed by atoms with van der Waals surface area (Å²) in [6.45, 7) is 2.39. The van der Waals surface area contributed by atoms with E-state index in [0.29, 0.717) is 12.1 Å². The maximum atomic E-state index is 11.2. The van der Waals surface area contributed by atoms with Crippen LogP contribution in [-0.4, -0.2) is 27.4 Å². The fourth-order valence-electron chi connectivity index (χ4n) is 2.23. The third-order valence-corrected chi connectivity index (χ3v) is 3.58. The Morgan fingerprint density at radius 1 is 1.43 bits per heavy atom. The summed E-state index contributed by atoms with van der Waals surface area (Å²) in [7, 11) is 0. The van der Waals surface area contributed by atoms with Crippen molar-refractivity contribution < 1.29 is 4.79 Å². The summed E-state index contributed by atoms with van der Waals surface area (Å²) in [4.78, 5) is 11.2. The Kier molecular flexibility index (Phi) is 3.96. The van der Waals surface area contributed by atoms with Gasteiger partial charge in [0.05, 0.1) is 18.4 Å². The number of hydrogen-bond acceptors (Lipinski definition) is 4. The molecule has 0 saturated heterocycles. The summed E-state index contributed by atoms with van der Waals surface area (Å²) in [6.07, 6.45) is 4.61. The number of benzene rings is 1. The predicted octanol–water partition coefficient (Wildman–Crippen LogP) is 0.925. The van der Waals surface area contributed by atoms with E-state index in [4.69, 9.17) is 5.73 Å². The van der Waals surface area contributed by atoms with E-state index in [2.05, 4.69) is 15.6 Å². The van der Waals surface area contributed by atoms with Crippen molar-refractivity contribution in [3.63, 3.8) is 0 Å². The fraction of sp³-hybridized carbons (Fsp3) is 0.400. The summed E-state index contributed by atoms with van der Waals surface area (Å²) >= 11 is 0. The second kappa shape index (κ2) is 6.05. The van der Waals surface area contributed by atoms with Crippen LogP contribution in [0.15, 0.2) is 30.5 Å². The van der Waals surface area contributed by atoms with Gasteiger partial charge in [0.15, 0.2) is 0 Å². The van der Waals surface area contributed by atoms with Crippen molar-refractivity contribution >= 4 is 5.91 Å². The number of nitrogens with one attached hydrogen (secondary N) is 1. The lowest BCUT2D eigenvalue weighted by atomic mass is 10.1. The van der Waals surface area contributed by atoms with Crippen LogP contribution in [0, 0.1) is 5.92 Å². The molecular formula is C15H19N5O. The Bertz CT molecular complexity index is 632. The molecule has 0 spiro atoms. The Balaban J connectivity index is 1.58. The Morgan fingerprint density at radius 2 is 2.29 bits per heavy atom. The molecule has 6 nitrogen and oxygen atoms in total. The third-order valence-electron chi connectivity index (χ3n) is 3.58. The normalized spacial score (nSPS) is 14.3. The first-order chi connectivity index (χ1) is 10.2. The zero-order valence-electron chi connectivity index (χ0n) is 11.8. The second-order valence-electron chi connectivity index (χ2n) is 5.55. The summed E-state index contributed by atoms with van der Waals surface area (Å²) in [5.74, 6) is 0.442. The van der Waals surface area contributed by atoms with Crippen molar-refractivity contribution in [3.05, 3.63) is 47.3 Å². The summed E-state index contributed by atoms with van der Waals surface area (Å²) in [6, 6.07) is 7.26. The maximum absolute atomic E-state index is 11.2. The molecule has 1 aliphatic rings. The Hall–Kier alpha value is -2.21. The molecule has 1 aliphatic carbocycles. The number of aromatic nitrogens is 3. The molecule has 2 aromatic rings. The molecule has 1 saturated carbocycles. The first-order valence-corrected chi connectivity index (χ1v) is 7.19. The molecule has 21 heavy (non-hydrogen) atoms. The highest BCUT2D eigenvalue weighted by molar-refractivity contribution is 5.92. The topological polar surface area (TPSA) is 85.8 Å². The van der Waals surface area contributed by atoms with E-state index in [1.807, 2.05) is 18.3 Å². The number of amides is 1. The Labute approximate surface area is 123 Å². The van der Waals surface area contributed by atoms with Crippen LogP contribution in [0.2, 0.25) is 0 Å². The van der Waals surface area contributed by atoms with Gasteiger partial charge in [-0.1, -0.05) is 17.3 Å². The molecule has 0 atom stereocenters.